The van der Waals surface area contributed by atoms with E-state index in [1.807, 2.05) is 24.5 Å². The Morgan fingerprint density at radius 1 is 0.782 bits per heavy atom. The minimum absolute atomic E-state index is 0.0273. The predicted octanol–water partition coefficient (Wildman–Crippen LogP) is 9.09. The van der Waals surface area contributed by atoms with Crippen LogP contribution in [0.1, 0.15) is 37.5 Å². The van der Waals surface area contributed by atoms with Crippen molar-refractivity contribution in [2.75, 3.05) is 26.2 Å². The number of carbonyl (C=O) groups is 3. The Morgan fingerprint density at radius 3 is 1.89 bits per heavy atom. The van der Waals surface area contributed by atoms with Crippen LogP contribution in [0.25, 0.3) is 0 Å². The zero-order valence-corrected chi connectivity index (χ0v) is 34.1. The first-order valence-electron chi connectivity index (χ1n) is 17.0. The second-order valence-electron chi connectivity index (χ2n) is 12.3. The summed E-state index contributed by atoms with van der Waals surface area (Å²) < 4.78 is 49.2. The quantitative estimate of drug-likeness (QED) is 0.0689. The summed E-state index contributed by atoms with van der Waals surface area (Å²) in [6.45, 7) is 3.41. The second-order valence-corrected chi connectivity index (χ2v) is 16.2. The average Bonchev–Trinajstić information content (AvgIpc) is 3.18. The van der Waals surface area contributed by atoms with Gasteiger partial charge in [-0.15, -0.1) is 0 Å². The van der Waals surface area contributed by atoms with E-state index in [9.17, 15) is 18.9 Å². The maximum Gasteiger partial charge on any atom is 0.453 e. The molecule has 0 aliphatic rings. The lowest BCUT2D eigenvalue weighted by atomic mass is 10.1. The number of amides is 2. The molecule has 0 spiro atoms. The van der Waals surface area contributed by atoms with E-state index in [-0.39, 0.29) is 35.8 Å². The summed E-state index contributed by atoms with van der Waals surface area (Å²) in [6.07, 6.45) is -0.488. The maximum absolute atomic E-state index is 14.9. The van der Waals surface area contributed by atoms with Gasteiger partial charge in [-0.3, -0.25) is 4.79 Å². The van der Waals surface area contributed by atoms with Gasteiger partial charge in [-0.2, -0.15) is 11.8 Å². The van der Waals surface area contributed by atoms with Gasteiger partial charge in [0.05, 0.1) is 14.2 Å². The van der Waals surface area contributed by atoms with Crippen LogP contribution >= 0.6 is 42.6 Å². The number of carbonyl (C=O) groups excluding carboxylic acids is 3. The third-order valence-corrected chi connectivity index (χ3v) is 11.4. The number of thioether (sulfide) groups is 1. The molecule has 2 amide bonds. The Hall–Kier alpha value is -4.55. The Kier molecular flexibility index (Phi) is 16.4. The van der Waals surface area contributed by atoms with Crippen molar-refractivity contribution in [3.05, 3.63) is 118 Å². The van der Waals surface area contributed by atoms with Gasteiger partial charge in [-0.05, 0) is 90.6 Å². The Morgan fingerprint density at radius 2 is 1.36 bits per heavy atom. The van der Waals surface area contributed by atoms with Crippen molar-refractivity contribution >= 4 is 60.5 Å². The highest BCUT2D eigenvalue weighted by molar-refractivity contribution is 7.98. The summed E-state index contributed by atoms with van der Waals surface area (Å²) in [6, 6.07) is 24.7. The fourth-order valence-electron chi connectivity index (χ4n) is 5.13. The summed E-state index contributed by atoms with van der Waals surface area (Å²) >= 11 is 13.6. The SMILES string of the molecule is COc1ccc([C@H](OC(=O)[C@H](CCSC)NC(=O)OCc2ccccc2)C(=O)N[C@H](C(C)C)P(=O)(Oc2ccc(Cl)cc2)Oc2ccc(Cl)cc2)cc1OC. The van der Waals surface area contributed by atoms with Crippen LogP contribution < -0.4 is 29.2 Å². The molecule has 12 nitrogen and oxygen atoms in total. The molecule has 0 saturated carbocycles. The van der Waals surface area contributed by atoms with Gasteiger partial charge in [0.15, 0.2) is 17.3 Å². The zero-order chi connectivity index (χ0) is 40.0. The Bertz CT molecular complexity index is 1870. The Balaban J connectivity index is 1.68. The molecule has 0 unspecified atom stereocenters. The highest BCUT2D eigenvalue weighted by Gasteiger charge is 2.44. The topological polar surface area (TPSA) is 148 Å². The molecule has 4 aromatic rings. The van der Waals surface area contributed by atoms with Crippen molar-refractivity contribution in [2.45, 2.75) is 44.8 Å². The number of ether oxygens (including phenoxy) is 4. The minimum atomic E-state index is -4.37. The van der Waals surface area contributed by atoms with Crippen molar-refractivity contribution in [1.82, 2.24) is 10.6 Å². The number of methoxy groups -OCH3 is 2. The molecule has 0 fully saturated rings. The standard InChI is InChI=1S/C39H43Cl2N2O10PS/c1-25(2)37(54(47,52-30-16-12-28(40)13-17-30)53-31-18-14-29(41)15-19-31)43-36(44)35(27-11-20-33(48-3)34(23-27)49-4)51-38(45)32(21-22-55-5)42-39(46)50-24-26-9-7-6-8-10-26/h6-20,23,25,32,35,37H,21-22,24H2,1-5H3,(H,42,46)(H,43,44)/t32-,35-,37-/m0/s1. The lowest BCUT2D eigenvalue weighted by Crippen LogP contribution is -2.46. The van der Waals surface area contributed by atoms with E-state index in [1.54, 1.807) is 56.3 Å². The van der Waals surface area contributed by atoms with Crippen LogP contribution in [0.3, 0.4) is 0 Å². The number of nitrogens with one attached hydrogen (secondary N) is 2. The smallest absolute Gasteiger partial charge is 0.453 e. The van der Waals surface area contributed by atoms with Crippen LogP contribution in [0.15, 0.2) is 97.1 Å². The molecule has 0 aliphatic heterocycles. The monoisotopic (exact) mass is 832 g/mol. The molecule has 0 saturated heterocycles. The summed E-state index contributed by atoms with van der Waals surface area (Å²) in [5, 5.41) is 6.20. The summed E-state index contributed by atoms with van der Waals surface area (Å²) in [7, 11) is -1.51. The van der Waals surface area contributed by atoms with E-state index in [4.69, 9.17) is 51.2 Å². The van der Waals surface area contributed by atoms with Gasteiger partial charge in [0.1, 0.15) is 24.1 Å². The van der Waals surface area contributed by atoms with Crippen molar-refractivity contribution in [3.63, 3.8) is 0 Å². The molecule has 55 heavy (non-hydrogen) atoms. The second kappa shape index (κ2) is 20.9. The highest BCUT2D eigenvalue weighted by Crippen LogP contribution is 2.54. The lowest BCUT2D eigenvalue weighted by molar-refractivity contribution is -0.158. The number of esters is 1. The first-order valence-corrected chi connectivity index (χ1v) is 20.8. The van der Waals surface area contributed by atoms with Gasteiger partial charge in [-0.1, -0.05) is 73.4 Å². The molecule has 4 aromatic carbocycles. The van der Waals surface area contributed by atoms with Crippen LogP contribution in [-0.4, -0.2) is 56.0 Å². The van der Waals surface area contributed by atoms with E-state index in [1.165, 1.54) is 62.4 Å². The molecule has 294 valence electrons. The molecule has 0 bridgehead atoms. The molecule has 0 radical (unpaired) electrons. The van der Waals surface area contributed by atoms with Gasteiger partial charge in [0, 0.05) is 15.6 Å². The molecular weight excluding hydrogens is 790 g/mol. The number of hydrogen-bond acceptors (Lipinski definition) is 11. The van der Waals surface area contributed by atoms with E-state index in [0.29, 0.717) is 21.5 Å². The lowest BCUT2D eigenvalue weighted by Gasteiger charge is -2.32. The number of alkyl carbamates (subject to hydrolysis) is 1. The number of hydrogen-bond donors (Lipinski definition) is 2. The van der Waals surface area contributed by atoms with Crippen molar-refractivity contribution in [2.24, 2.45) is 5.92 Å². The van der Waals surface area contributed by atoms with Gasteiger partial charge in [0.25, 0.3) is 5.91 Å². The minimum Gasteiger partial charge on any atom is -0.493 e. The fraction of sp³-hybridized carbons (Fsp3) is 0.308. The average molecular weight is 834 g/mol. The number of benzene rings is 4. The van der Waals surface area contributed by atoms with E-state index < -0.39 is 49.4 Å². The third-order valence-electron chi connectivity index (χ3n) is 7.94. The predicted molar refractivity (Wildman–Crippen MR) is 213 cm³/mol. The third kappa shape index (κ3) is 12.7. The van der Waals surface area contributed by atoms with Crippen molar-refractivity contribution in [3.8, 4) is 23.0 Å². The van der Waals surface area contributed by atoms with Crippen LogP contribution in [0.2, 0.25) is 10.0 Å². The molecule has 2 N–H and O–H groups in total. The van der Waals surface area contributed by atoms with E-state index in [2.05, 4.69) is 10.6 Å². The largest absolute Gasteiger partial charge is 0.493 e. The van der Waals surface area contributed by atoms with Gasteiger partial charge in [-0.25, -0.2) is 14.2 Å². The van der Waals surface area contributed by atoms with E-state index >= 15 is 0 Å². The normalized spacial score (nSPS) is 12.8. The molecule has 3 atom stereocenters. The van der Waals surface area contributed by atoms with Gasteiger partial charge < -0.3 is 38.6 Å². The first kappa shape index (κ1) is 43.2. The van der Waals surface area contributed by atoms with Crippen LogP contribution in [0.4, 0.5) is 4.79 Å². The van der Waals surface area contributed by atoms with Crippen LogP contribution in [0, 0.1) is 5.92 Å². The molecule has 0 aromatic heterocycles. The first-order chi connectivity index (χ1) is 26.3. The van der Waals surface area contributed by atoms with Crippen LogP contribution in [0.5, 0.6) is 23.0 Å². The zero-order valence-electron chi connectivity index (χ0n) is 30.9. The summed E-state index contributed by atoms with van der Waals surface area (Å²) in [5.41, 5.74) is 0.941. The summed E-state index contributed by atoms with van der Waals surface area (Å²) in [4.78, 5) is 41.3. The van der Waals surface area contributed by atoms with Gasteiger partial charge >= 0.3 is 19.7 Å². The maximum atomic E-state index is 14.9. The van der Waals surface area contributed by atoms with Gasteiger partial charge in [0.2, 0.25) is 6.10 Å². The molecular formula is C39H43Cl2N2O10PS. The van der Waals surface area contributed by atoms with Crippen molar-refractivity contribution in [1.29, 1.82) is 0 Å². The molecule has 0 aliphatic carbocycles. The fourth-order valence-corrected chi connectivity index (χ4v) is 7.96. The Labute approximate surface area is 335 Å². The number of halogens is 2. The van der Waals surface area contributed by atoms with Crippen molar-refractivity contribution < 1.29 is 46.9 Å². The number of rotatable bonds is 19. The highest BCUT2D eigenvalue weighted by atomic mass is 35.5. The van der Waals surface area contributed by atoms with Crippen LogP contribution in [-0.2, 0) is 30.2 Å². The van der Waals surface area contributed by atoms with E-state index in [0.717, 1.165) is 5.56 Å². The molecule has 0 heterocycles. The molecule has 4 rings (SSSR count). The summed E-state index contributed by atoms with van der Waals surface area (Å²) in [5.74, 6) is -2.26. The molecule has 16 heteroatoms.